The van der Waals surface area contributed by atoms with E-state index in [1.54, 1.807) is 0 Å². The molecule has 1 aliphatic rings. The molecule has 1 heterocycles. The second kappa shape index (κ2) is 3.30. The summed E-state index contributed by atoms with van der Waals surface area (Å²) in [7, 11) is -3.54. The monoisotopic (exact) mass is 229 g/mol. The summed E-state index contributed by atoms with van der Waals surface area (Å²) in [5.41, 5.74) is 0.193. The number of nitrogens with zero attached hydrogens (tertiary/aromatic N) is 1. The molecule has 2 rings (SSSR count). The standard InChI is InChI=1S/C9H8FNO3S/c10-7-1-3-8(4-2-7)11-9(12)5-6-15(11,13)14/h1-4H,5-6H2. The SMILES string of the molecule is O=C1CCS(=O)(=O)N1c1ccc(F)cc1. The Bertz CT molecular complexity index is 495. The molecule has 0 aliphatic carbocycles. The van der Waals surface area contributed by atoms with Crippen LogP contribution in [0.5, 0.6) is 0 Å². The topological polar surface area (TPSA) is 54.5 Å². The lowest BCUT2D eigenvalue weighted by Gasteiger charge is -2.14. The first-order chi connectivity index (χ1) is 7.00. The number of halogens is 1. The van der Waals surface area contributed by atoms with Crippen molar-refractivity contribution >= 4 is 21.6 Å². The van der Waals surface area contributed by atoms with Crippen molar-refractivity contribution < 1.29 is 17.6 Å². The second-order valence-electron chi connectivity index (χ2n) is 3.20. The molecule has 1 aromatic carbocycles. The number of rotatable bonds is 1. The Hall–Kier alpha value is -1.43. The van der Waals surface area contributed by atoms with Crippen LogP contribution in [0.3, 0.4) is 0 Å². The van der Waals surface area contributed by atoms with Gasteiger partial charge in [-0.1, -0.05) is 0 Å². The lowest BCUT2D eigenvalue weighted by atomic mass is 10.3. The normalized spacial score (nSPS) is 19.5. The highest BCUT2D eigenvalue weighted by Gasteiger charge is 2.36. The molecule has 0 atom stereocenters. The summed E-state index contributed by atoms with van der Waals surface area (Å²) >= 11 is 0. The molecular weight excluding hydrogens is 221 g/mol. The van der Waals surface area contributed by atoms with Crippen LogP contribution in [-0.2, 0) is 14.8 Å². The number of carbonyl (C=O) groups excluding carboxylic acids is 1. The third-order valence-electron chi connectivity index (χ3n) is 2.14. The van der Waals surface area contributed by atoms with E-state index in [4.69, 9.17) is 0 Å². The summed E-state index contributed by atoms with van der Waals surface area (Å²) in [5, 5.41) is 0. The number of carbonyl (C=O) groups is 1. The molecule has 0 N–H and O–H groups in total. The van der Waals surface area contributed by atoms with E-state index in [9.17, 15) is 17.6 Å². The maximum Gasteiger partial charge on any atom is 0.242 e. The highest BCUT2D eigenvalue weighted by molar-refractivity contribution is 7.94. The third kappa shape index (κ3) is 1.72. The van der Waals surface area contributed by atoms with Crippen molar-refractivity contribution in [2.75, 3.05) is 10.1 Å². The predicted octanol–water partition coefficient (Wildman–Crippen LogP) is 0.892. The van der Waals surface area contributed by atoms with Crippen molar-refractivity contribution in [2.24, 2.45) is 0 Å². The Labute approximate surface area is 86.4 Å². The lowest BCUT2D eigenvalue weighted by molar-refractivity contribution is -0.116. The fraction of sp³-hybridized carbons (Fsp3) is 0.222. The average Bonchev–Trinajstić information content (AvgIpc) is 2.43. The van der Waals surface area contributed by atoms with Gasteiger partial charge in [0.1, 0.15) is 5.82 Å². The van der Waals surface area contributed by atoms with Gasteiger partial charge in [-0.25, -0.2) is 17.1 Å². The molecule has 15 heavy (non-hydrogen) atoms. The van der Waals surface area contributed by atoms with Gasteiger partial charge in [-0.15, -0.1) is 0 Å². The summed E-state index contributed by atoms with van der Waals surface area (Å²) in [6.07, 6.45) is -0.0142. The summed E-state index contributed by atoms with van der Waals surface area (Å²) in [6.45, 7) is 0. The van der Waals surface area contributed by atoms with Crippen molar-refractivity contribution in [3.05, 3.63) is 30.1 Å². The maximum atomic E-state index is 12.6. The summed E-state index contributed by atoms with van der Waals surface area (Å²) in [5.74, 6) is -1.12. The molecule has 0 unspecified atom stereocenters. The maximum absolute atomic E-state index is 12.6. The average molecular weight is 229 g/mol. The van der Waals surface area contributed by atoms with Crippen LogP contribution in [0.4, 0.5) is 10.1 Å². The van der Waals surface area contributed by atoms with Crippen LogP contribution in [0.25, 0.3) is 0 Å². The van der Waals surface area contributed by atoms with E-state index in [-0.39, 0.29) is 17.9 Å². The molecule has 1 aliphatic heterocycles. The van der Waals surface area contributed by atoms with E-state index in [1.807, 2.05) is 0 Å². The zero-order chi connectivity index (χ0) is 11.1. The van der Waals surface area contributed by atoms with Gasteiger partial charge in [0.15, 0.2) is 0 Å². The van der Waals surface area contributed by atoms with E-state index in [0.29, 0.717) is 0 Å². The van der Waals surface area contributed by atoms with Crippen molar-refractivity contribution in [2.45, 2.75) is 6.42 Å². The molecular formula is C9H8FNO3S. The van der Waals surface area contributed by atoms with Crippen LogP contribution in [-0.4, -0.2) is 20.1 Å². The van der Waals surface area contributed by atoms with Crippen LogP contribution < -0.4 is 4.31 Å². The zero-order valence-electron chi connectivity index (χ0n) is 7.68. The first-order valence-electron chi connectivity index (χ1n) is 4.32. The molecule has 4 nitrogen and oxygen atoms in total. The largest absolute Gasteiger partial charge is 0.273 e. The Balaban J connectivity index is 2.46. The van der Waals surface area contributed by atoms with Crippen LogP contribution in [0, 0.1) is 5.82 Å². The minimum Gasteiger partial charge on any atom is -0.273 e. The molecule has 0 aromatic heterocycles. The molecule has 1 saturated heterocycles. The molecule has 0 spiro atoms. The van der Waals surface area contributed by atoms with Crippen molar-refractivity contribution in [1.82, 2.24) is 0 Å². The number of amides is 1. The van der Waals surface area contributed by atoms with E-state index in [2.05, 4.69) is 0 Å². The number of hydrogen-bond donors (Lipinski definition) is 0. The minimum absolute atomic E-state index is 0.0142. The van der Waals surface area contributed by atoms with Gasteiger partial charge >= 0.3 is 0 Å². The van der Waals surface area contributed by atoms with Crippen molar-refractivity contribution in [3.63, 3.8) is 0 Å². The van der Waals surface area contributed by atoms with E-state index in [1.165, 1.54) is 12.1 Å². The molecule has 0 bridgehead atoms. The molecule has 0 radical (unpaired) electrons. The molecule has 0 saturated carbocycles. The fourth-order valence-corrected chi connectivity index (χ4v) is 2.90. The smallest absolute Gasteiger partial charge is 0.242 e. The van der Waals surface area contributed by atoms with Crippen molar-refractivity contribution in [1.29, 1.82) is 0 Å². The Morgan fingerprint density at radius 3 is 2.27 bits per heavy atom. The highest BCUT2D eigenvalue weighted by atomic mass is 32.2. The number of benzene rings is 1. The predicted molar refractivity (Wildman–Crippen MR) is 52.3 cm³/mol. The summed E-state index contributed by atoms with van der Waals surface area (Å²) < 4.78 is 36.3. The molecule has 1 aromatic rings. The fourth-order valence-electron chi connectivity index (χ4n) is 1.45. The lowest BCUT2D eigenvalue weighted by Crippen LogP contribution is -2.29. The van der Waals surface area contributed by atoms with Crippen LogP contribution in [0.2, 0.25) is 0 Å². The molecule has 80 valence electrons. The molecule has 1 amide bonds. The number of anilines is 1. The quantitative estimate of drug-likeness (QED) is 0.718. The van der Waals surface area contributed by atoms with Crippen LogP contribution >= 0.6 is 0 Å². The second-order valence-corrected chi connectivity index (χ2v) is 5.14. The van der Waals surface area contributed by atoms with E-state index in [0.717, 1.165) is 16.4 Å². The van der Waals surface area contributed by atoms with Gasteiger partial charge in [0.2, 0.25) is 15.9 Å². The summed E-state index contributed by atoms with van der Waals surface area (Å²) in [4.78, 5) is 11.3. The Morgan fingerprint density at radius 1 is 1.20 bits per heavy atom. The number of hydrogen-bond acceptors (Lipinski definition) is 3. The van der Waals surface area contributed by atoms with Gasteiger partial charge in [-0.3, -0.25) is 4.79 Å². The zero-order valence-corrected chi connectivity index (χ0v) is 8.50. The van der Waals surface area contributed by atoms with Gasteiger partial charge < -0.3 is 0 Å². The van der Waals surface area contributed by atoms with Gasteiger partial charge in [0, 0.05) is 6.42 Å². The third-order valence-corrected chi connectivity index (χ3v) is 3.83. The number of sulfonamides is 1. The molecule has 6 heteroatoms. The summed E-state index contributed by atoms with van der Waals surface area (Å²) in [6, 6.07) is 4.79. The van der Waals surface area contributed by atoms with Gasteiger partial charge in [0.25, 0.3) is 0 Å². The van der Waals surface area contributed by atoms with Crippen LogP contribution in [0.1, 0.15) is 6.42 Å². The first-order valence-corrected chi connectivity index (χ1v) is 5.93. The van der Waals surface area contributed by atoms with Crippen molar-refractivity contribution in [3.8, 4) is 0 Å². The Kier molecular flexibility index (Phi) is 2.22. The minimum atomic E-state index is -3.54. The van der Waals surface area contributed by atoms with Gasteiger partial charge in [0.05, 0.1) is 11.4 Å². The molecule has 1 fully saturated rings. The first kappa shape index (κ1) is 10.1. The van der Waals surface area contributed by atoms with Gasteiger partial charge in [-0.05, 0) is 24.3 Å². The van der Waals surface area contributed by atoms with E-state index >= 15 is 0 Å². The highest BCUT2D eigenvalue weighted by Crippen LogP contribution is 2.24. The van der Waals surface area contributed by atoms with E-state index < -0.39 is 21.7 Å². The Morgan fingerprint density at radius 2 is 1.80 bits per heavy atom. The van der Waals surface area contributed by atoms with Crippen LogP contribution in [0.15, 0.2) is 24.3 Å². The van der Waals surface area contributed by atoms with Gasteiger partial charge in [-0.2, -0.15) is 0 Å².